The number of hydrogen-bond donors (Lipinski definition) is 1. The molecule has 3 rings (SSSR count). The Hall–Kier alpha value is -2.83. The van der Waals surface area contributed by atoms with Gasteiger partial charge in [-0.2, -0.15) is 0 Å². The molecule has 0 saturated heterocycles. The van der Waals surface area contributed by atoms with E-state index in [9.17, 15) is 9.59 Å². The summed E-state index contributed by atoms with van der Waals surface area (Å²) in [5.41, 5.74) is 1.20. The van der Waals surface area contributed by atoms with E-state index in [1.807, 2.05) is 6.07 Å². The first-order chi connectivity index (χ1) is 13.5. The van der Waals surface area contributed by atoms with Gasteiger partial charge in [0.15, 0.2) is 0 Å². The number of rotatable bonds is 7. The van der Waals surface area contributed by atoms with Crippen molar-refractivity contribution in [1.82, 2.24) is 15.2 Å². The normalized spacial score (nSPS) is 10.5. The fourth-order valence-corrected chi connectivity index (χ4v) is 2.84. The maximum Gasteiger partial charge on any atom is 0.251 e. The molecular weight excluding hydrogens is 401 g/mol. The predicted octanol–water partition coefficient (Wildman–Crippen LogP) is 3.94. The number of pyridine rings is 1. The Kier molecular flexibility index (Phi) is 6.68. The molecule has 1 aromatic carbocycles. The second-order valence-corrected chi connectivity index (χ2v) is 6.82. The van der Waals surface area contributed by atoms with Gasteiger partial charge in [-0.3, -0.25) is 14.6 Å². The van der Waals surface area contributed by atoms with Crippen LogP contribution in [0.4, 0.5) is 0 Å². The first-order valence-electron chi connectivity index (χ1n) is 8.45. The largest absolute Gasteiger partial charge is 0.467 e. The zero-order valence-electron chi connectivity index (χ0n) is 14.8. The minimum atomic E-state index is -0.411. The van der Waals surface area contributed by atoms with Gasteiger partial charge in [0.2, 0.25) is 5.91 Å². The summed E-state index contributed by atoms with van der Waals surface area (Å²) >= 11 is 11.8. The van der Waals surface area contributed by atoms with Crippen LogP contribution in [0.3, 0.4) is 0 Å². The van der Waals surface area contributed by atoms with Gasteiger partial charge in [-0.1, -0.05) is 29.3 Å². The van der Waals surface area contributed by atoms with Crippen LogP contribution in [0.1, 0.15) is 21.7 Å². The summed E-state index contributed by atoms with van der Waals surface area (Å²) in [6, 6.07) is 11.8. The Balaban J connectivity index is 1.66. The van der Waals surface area contributed by atoms with Gasteiger partial charge < -0.3 is 14.6 Å². The highest BCUT2D eigenvalue weighted by Crippen LogP contribution is 2.22. The molecule has 2 amide bonds. The maximum atomic E-state index is 12.7. The molecule has 0 bridgehead atoms. The predicted molar refractivity (Wildman–Crippen MR) is 106 cm³/mol. The number of amides is 2. The lowest BCUT2D eigenvalue weighted by molar-refractivity contribution is -0.131. The van der Waals surface area contributed by atoms with Gasteiger partial charge in [0.05, 0.1) is 29.4 Å². The molecule has 0 atom stereocenters. The van der Waals surface area contributed by atoms with Crippen molar-refractivity contribution >= 4 is 35.0 Å². The van der Waals surface area contributed by atoms with Crippen LogP contribution in [0.2, 0.25) is 10.0 Å². The zero-order valence-corrected chi connectivity index (χ0v) is 16.3. The van der Waals surface area contributed by atoms with Gasteiger partial charge in [0.25, 0.3) is 5.91 Å². The number of hydrogen-bond acceptors (Lipinski definition) is 4. The van der Waals surface area contributed by atoms with Gasteiger partial charge in [-0.15, -0.1) is 0 Å². The molecule has 0 spiro atoms. The van der Waals surface area contributed by atoms with Crippen molar-refractivity contribution in [2.24, 2.45) is 0 Å². The summed E-state index contributed by atoms with van der Waals surface area (Å²) < 4.78 is 5.35. The third-order valence-electron chi connectivity index (χ3n) is 3.96. The number of halogens is 2. The van der Waals surface area contributed by atoms with E-state index in [1.54, 1.807) is 47.8 Å². The van der Waals surface area contributed by atoms with Crippen molar-refractivity contribution < 1.29 is 14.0 Å². The molecule has 1 N–H and O–H groups in total. The number of nitrogens with one attached hydrogen (secondary N) is 1. The smallest absolute Gasteiger partial charge is 0.251 e. The van der Waals surface area contributed by atoms with Crippen LogP contribution in [0.15, 0.2) is 65.5 Å². The van der Waals surface area contributed by atoms with Crippen molar-refractivity contribution in [2.45, 2.75) is 13.1 Å². The highest BCUT2D eigenvalue weighted by atomic mass is 35.5. The van der Waals surface area contributed by atoms with Crippen molar-refractivity contribution in [1.29, 1.82) is 0 Å². The molecule has 0 radical (unpaired) electrons. The number of carbonyl (C=O) groups is 2. The van der Waals surface area contributed by atoms with Crippen LogP contribution in [0, 0.1) is 0 Å². The van der Waals surface area contributed by atoms with E-state index in [1.165, 1.54) is 12.1 Å². The Labute approximate surface area is 172 Å². The minimum absolute atomic E-state index is 0.167. The van der Waals surface area contributed by atoms with Crippen molar-refractivity contribution in [3.05, 3.63) is 88.1 Å². The zero-order chi connectivity index (χ0) is 19.9. The second-order valence-electron chi connectivity index (χ2n) is 6.00. The number of benzene rings is 1. The quantitative estimate of drug-likeness (QED) is 0.631. The van der Waals surface area contributed by atoms with Crippen LogP contribution < -0.4 is 5.32 Å². The van der Waals surface area contributed by atoms with Crippen LogP contribution in [-0.4, -0.2) is 28.2 Å². The monoisotopic (exact) mass is 417 g/mol. The molecule has 0 unspecified atom stereocenters. The molecule has 2 heterocycles. The third kappa shape index (κ3) is 5.34. The van der Waals surface area contributed by atoms with Crippen molar-refractivity contribution in [3.63, 3.8) is 0 Å². The number of nitrogens with zero attached hydrogens (tertiary/aromatic N) is 2. The van der Waals surface area contributed by atoms with Gasteiger partial charge in [-0.05, 0) is 42.0 Å². The molecule has 2 aromatic heterocycles. The Morgan fingerprint density at radius 3 is 2.61 bits per heavy atom. The van der Waals surface area contributed by atoms with Crippen molar-refractivity contribution in [2.75, 3.05) is 6.54 Å². The summed E-state index contributed by atoms with van der Waals surface area (Å²) in [5, 5.41) is 3.24. The fourth-order valence-electron chi connectivity index (χ4n) is 2.54. The molecule has 3 aromatic rings. The molecule has 0 saturated carbocycles. The topological polar surface area (TPSA) is 75.4 Å². The lowest BCUT2D eigenvalue weighted by atomic mass is 10.2. The first kappa shape index (κ1) is 19.9. The van der Waals surface area contributed by atoms with Crippen molar-refractivity contribution in [3.8, 4) is 0 Å². The van der Waals surface area contributed by atoms with Gasteiger partial charge in [-0.25, -0.2) is 0 Å². The van der Waals surface area contributed by atoms with Crippen LogP contribution in [-0.2, 0) is 17.9 Å². The average molecular weight is 418 g/mol. The Bertz CT molecular complexity index is 947. The molecule has 28 heavy (non-hydrogen) atoms. The molecule has 0 fully saturated rings. The molecule has 0 aliphatic heterocycles. The maximum absolute atomic E-state index is 12.7. The highest BCUT2D eigenvalue weighted by molar-refractivity contribution is 6.42. The lowest BCUT2D eigenvalue weighted by Gasteiger charge is -2.22. The Morgan fingerprint density at radius 2 is 1.93 bits per heavy atom. The molecule has 6 nitrogen and oxygen atoms in total. The van der Waals surface area contributed by atoms with E-state index >= 15 is 0 Å². The summed E-state index contributed by atoms with van der Waals surface area (Å²) in [7, 11) is 0. The fraction of sp³-hybridized carbons (Fsp3) is 0.150. The van der Waals surface area contributed by atoms with Gasteiger partial charge in [0.1, 0.15) is 5.76 Å². The van der Waals surface area contributed by atoms with E-state index in [4.69, 9.17) is 27.6 Å². The van der Waals surface area contributed by atoms with Gasteiger partial charge >= 0.3 is 0 Å². The summed E-state index contributed by atoms with van der Waals surface area (Å²) in [6.07, 6.45) is 4.91. The molecule has 8 heteroatoms. The summed E-state index contributed by atoms with van der Waals surface area (Å²) in [5.74, 6) is -0.0204. The van der Waals surface area contributed by atoms with Gasteiger partial charge in [0, 0.05) is 24.5 Å². The summed E-state index contributed by atoms with van der Waals surface area (Å²) in [4.78, 5) is 30.7. The van der Waals surface area contributed by atoms with Crippen LogP contribution in [0.25, 0.3) is 0 Å². The highest BCUT2D eigenvalue weighted by Gasteiger charge is 2.18. The first-order valence-corrected chi connectivity index (χ1v) is 9.21. The number of aromatic nitrogens is 1. The molecule has 0 aliphatic rings. The minimum Gasteiger partial charge on any atom is -0.467 e. The van der Waals surface area contributed by atoms with E-state index < -0.39 is 5.91 Å². The number of carbonyl (C=O) groups excluding carboxylic acids is 2. The van der Waals surface area contributed by atoms with E-state index in [-0.39, 0.29) is 24.0 Å². The van der Waals surface area contributed by atoms with Crippen LogP contribution in [0.5, 0.6) is 0 Å². The van der Waals surface area contributed by atoms with E-state index in [0.717, 1.165) is 5.56 Å². The summed E-state index contributed by atoms with van der Waals surface area (Å²) in [6.45, 7) is 0.458. The SMILES string of the molecule is O=C(NCC(=O)N(Cc1cccnc1)Cc1ccco1)c1ccc(Cl)c(Cl)c1. The second kappa shape index (κ2) is 9.39. The van der Waals surface area contributed by atoms with E-state index in [2.05, 4.69) is 10.3 Å². The number of furan rings is 1. The Morgan fingerprint density at radius 1 is 1.07 bits per heavy atom. The standard InChI is InChI=1S/C20H17Cl2N3O3/c21-17-6-5-15(9-18(17)22)20(27)24-11-19(26)25(13-16-4-2-8-28-16)12-14-3-1-7-23-10-14/h1-10H,11-13H2,(H,24,27). The van der Waals surface area contributed by atoms with Crippen LogP contribution >= 0.6 is 23.2 Å². The average Bonchev–Trinajstić information content (AvgIpc) is 3.21. The van der Waals surface area contributed by atoms with E-state index in [0.29, 0.717) is 22.9 Å². The molecule has 0 aliphatic carbocycles. The lowest BCUT2D eigenvalue weighted by Crippen LogP contribution is -2.39. The third-order valence-corrected chi connectivity index (χ3v) is 4.70. The molecular formula is C20H17Cl2N3O3. The molecule has 144 valence electrons.